The van der Waals surface area contributed by atoms with Gasteiger partial charge in [-0.2, -0.15) is 0 Å². The summed E-state index contributed by atoms with van der Waals surface area (Å²) in [6, 6.07) is 8.78. The van der Waals surface area contributed by atoms with Crippen molar-refractivity contribution in [3.8, 4) is 5.75 Å². The van der Waals surface area contributed by atoms with Crippen LogP contribution in [0.15, 0.2) is 36.4 Å². The summed E-state index contributed by atoms with van der Waals surface area (Å²) < 4.78 is 9.15. The van der Waals surface area contributed by atoms with Gasteiger partial charge in [-0.15, -0.1) is 0 Å². The van der Waals surface area contributed by atoms with Crippen molar-refractivity contribution < 1.29 is 29.0 Å². The molecule has 0 aliphatic heterocycles. The average molecular weight is 343 g/mol. The third-order valence-electron chi connectivity index (χ3n) is 3.54. The molecular weight excluding hydrogens is 326 g/mol. The summed E-state index contributed by atoms with van der Waals surface area (Å²) in [5.41, 5.74) is 0.832. The fourth-order valence-electron chi connectivity index (χ4n) is 2.19. The molecule has 1 N–H and O–H groups in total. The van der Waals surface area contributed by atoms with E-state index in [1.807, 2.05) is 0 Å². The normalized spacial score (nSPS) is 10.2. The largest absolute Gasteiger partial charge is 0.508 e. The second kappa shape index (κ2) is 8.05. The Hall–Kier alpha value is -3.22. The highest BCUT2D eigenvalue weighted by Gasteiger charge is 2.16. The number of pyridine rings is 1. The zero-order valence-electron chi connectivity index (χ0n) is 13.8. The second-order valence-electron chi connectivity index (χ2n) is 5.15. The molecule has 0 fully saturated rings. The lowest BCUT2D eigenvalue weighted by Gasteiger charge is -2.07. The van der Waals surface area contributed by atoms with Gasteiger partial charge >= 0.3 is 11.9 Å². The SMILES string of the molecule is COC(=O)CCc1cc(C(=O)c2cccc(C(=O)OC)n2)ccc1O. The zero-order valence-corrected chi connectivity index (χ0v) is 13.8. The van der Waals surface area contributed by atoms with E-state index in [-0.39, 0.29) is 35.5 Å². The van der Waals surface area contributed by atoms with Crippen LogP contribution in [0.1, 0.15) is 38.5 Å². The standard InChI is InChI=1S/C18H17NO6/c1-24-16(21)9-7-11-10-12(6-8-15(11)20)17(22)13-4-3-5-14(19-13)18(23)25-2/h3-6,8,10,20H,7,9H2,1-2H3. The van der Waals surface area contributed by atoms with E-state index in [2.05, 4.69) is 14.5 Å². The quantitative estimate of drug-likeness (QED) is 0.631. The first kappa shape index (κ1) is 18.1. The number of methoxy groups -OCH3 is 2. The van der Waals surface area contributed by atoms with Gasteiger partial charge < -0.3 is 14.6 Å². The van der Waals surface area contributed by atoms with Gasteiger partial charge in [0.25, 0.3) is 0 Å². The molecule has 0 saturated carbocycles. The van der Waals surface area contributed by atoms with Gasteiger partial charge in [0.15, 0.2) is 0 Å². The Bertz CT molecular complexity index is 815. The van der Waals surface area contributed by atoms with Gasteiger partial charge in [0.1, 0.15) is 17.1 Å². The van der Waals surface area contributed by atoms with Crippen molar-refractivity contribution in [2.24, 2.45) is 0 Å². The Labute approximate surface area is 144 Å². The fraction of sp³-hybridized carbons (Fsp3) is 0.222. The third kappa shape index (κ3) is 4.41. The summed E-state index contributed by atoms with van der Waals surface area (Å²) in [6.07, 6.45) is 0.313. The molecule has 2 aromatic rings. The Morgan fingerprint density at radius 1 is 1.04 bits per heavy atom. The van der Waals surface area contributed by atoms with Crippen LogP contribution in [0.25, 0.3) is 0 Å². The summed E-state index contributed by atoms with van der Waals surface area (Å²) in [7, 11) is 2.51. The predicted octanol–water partition coefficient (Wildman–Crippen LogP) is 1.91. The third-order valence-corrected chi connectivity index (χ3v) is 3.54. The molecule has 7 nitrogen and oxygen atoms in total. The topological polar surface area (TPSA) is 103 Å². The maximum Gasteiger partial charge on any atom is 0.356 e. The van der Waals surface area contributed by atoms with Crippen LogP contribution in [0.2, 0.25) is 0 Å². The monoisotopic (exact) mass is 343 g/mol. The van der Waals surface area contributed by atoms with E-state index >= 15 is 0 Å². The maximum atomic E-state index is 12.6. The van der Waals surface area contributed by atoms with Crippen molar-refractivity contribution in [3.05, 3.63) is 58.9 Å². The molecule has 2 rings (SSSR count). The number of carbonyl (C=O) groups excluding carboxylic acids is 3. The summed E-state index contributed by atoms with van der Waals surface area (Å²) in [4.78, 5) is 39.3. The van der Waals surface area contributed by atoms with Crippen LogP contribution in [0.5, 0.6) is 5.75 Å². The van der Waals surface area contributed by atoms with Crippen molar-refractivity contribution >= 4 is 17.7 Å². The van der Waals surface area contributed by atoms with Crippen LogP contribution in [0.3, 0.4) is 0 Å². The van der Waals surface area contributed by atoms with Crippen LogP contribution < -0.4 is 0 Å². The number of carbonyl (C=O) groups is 3. The van der Waals surface area contributed by atoms with Gasteiger partial charge in [0.05, 0.1) is 14.2 Å². The number of phenols is 1. The Kier molecular flexibility index (Phi) is 5.84. The number of hydrogen-bond donors (Lipinski definition) is 1. The molecule has 25 heavy (non-hydrogen) atoms. The first-order chi connectivity index (χ1) is 12.0. The number of rotatable bonds is 6. The zero-order chi connectivity index (χ0) is 18.4. The lowest BCUT2D eigenvalue weighted by atomic mass is 10.0. The second-order valence-corrected chi connectivity index (χ2v) is 5.15. The number of nitrogens with zero attached hydrogens (tertiary/aromatic N) is 1. The molecule has 0 aliphatic carbocycles. The van der Waals surface area contributed by atoms with Crippen molar-refractivity contribution in [2.75, 3.05) is 14.2 Å². The summed E-state index contributed by atoms with van der Waals surface area (Å²) in [5, 5.41) is 9.88. The minimum Gasteiger partial charge on any atom is -0.508 e. The van der Waals surface area contributed by atoms with Crippen LogP contribution in [-0.4, -0.2) is 42.0 Å². The van der Waals surface area contributed by atoms with Crippen molar-refractivity contribution in [2.45, 2.75) is 12.8 Å². The number of aromatic nitrogens is 1. The minimum absolute atomic E-state index is 0.0169. The predicted molar refractivity (Wildman–Crippen MR) is 87.5 cm³/mol. The smallest absolute Gasteiger partial charge is 0.356 e. The van der Waals surface area contributed by atoms with Crippen LogP contribution in [0, 0.1) is 0 Å². The molecule has 0 amide bonds. The molecule has 0 saturated heterocycles. The van der Waals surface area contributed by atoms with E-state index in [0.717, 1.165) is 0 Å². The van der Waals surface area contributed by atoms with E-state index in [0.29, 0.717) is 5.56 Å². The molecule has 0 atom stereocenters. The van der Waals surface area contributed by atoms with Gasteiger partial charge in [-0.3, -0.25) is 9.59 Å². The molecular formula is C18H17NO6. The van der Waals surface area contributed by atoms with Crippen LogP contribution >= 0.6 is 0 Å². The Morgan fingerprint density at radius 3 is 2.44 bits per heavy atom. The van der Waals surface area contributed by atoms with Crippen molar-refractivity contribution in [1.82, 2.24) is 4.98 Å². The molecule has 7 heteroatoms. The van der Waals surface area contributed by atoms with E-state index in [9.17, 15) is 19.5 Å². The number of benzene rings is 1. The van der Waals surface area contributed by atoms with E-state index in [1.54, 1.807) is 0 Å². The average Bonchev–Trinajstić information content (AvgIpc) is 2.65. The van der Waals surface area contributed by atoms with Crippen LogP contribution in [-0.2, 0) is 20.7 Å². The lowest BCUT2D eigenvalue weighted by Crippen LogP contribution is -2.10. The van der Waals surface area contributed by atoms with E-state index in [4.69, 9.17) is 0 Å². The number of aromatic hydroxyl groups is 1. The van der Waals surface area contributed by atoms with Crippen molar-refractivity contribution in [1.29, 1.82) is 0 Å². The van der Waals surface area contributed by atoms with Gasteiger partial charge in [-0.25, -0.2) is 9.78 Å². The minimum atomic E-state index is -0.640. The van der Waals surface area contributed by atoms with Gasteiger partial charge in [0.2, 0.25) is 5.78 Å². The summed E-state index contributed by atoms with van der Waals surface area (Å²) in [5.74, 6) is -1.48. The highest BCUT2D eigenvalue weighted by molar-refractivity contribution is 6.08. The van der Waals surface area contributed by atoms with Crippen molar-refractivity contribution in [3.63, 3.8) is 0 Å². The molecule has 0 unspecified atom stereocenters. The number of ketones is 1. The van der Waals surface area contributed by atoms with E-state index < -0.39 is 17.7 Å². The molecule has 0 aliphatic rings. The summed E-state index contributed by atoms with van der Waals surface area (Å²) in [6.45, 7) is 0. The molecule has 0 radical (unpaired) electrons. The molecule has 1 heterocycles. The molecule has 1 aromatic carbocycles. The first-order valence-electron chi connectivity index (χ1n) is 7.45. The maximum absolute atomic E-state index is 12.6. The first-order valence-corrected chi connectivity index (χ1v) is 7.45. The molecule has 0 spiro atoms. The van der Waals surface area contributed by atoms with Gasteiger partial charge in [-0.1, -0.05) is 6.07 Å². The number of phenolic OH excluding ortho intramolecular Hbond substituents is 1. The molecule has 130 valence electrons. The highest BCUT2D eigenvalue weighted by atomic mass is 16.5. The van der Waals surface area contributed by atoms with Gasteiger partial charge in [0, 0.05) is 12.0 Å². The fourth-order valence-corrected chi connectivity index (χ4v) is 2.19. The highest BCUT2D eigenvalue weighted by Crippen LogP contribution is 2.22. The number of esters is 2. The number of hydrogen-bond acceptors (Lipinski definition) is 7. The Balaban J connectivity index is 2.27. The van der Waals surface area contributed by atoms with E-state index in [1.165, 1.54) is 50.6 Å². The van der Waals surface area contributed by atoms with Crippen LogP contribution in [0.4, 0.5) is 0 Å². The lowest BCUT2D eigenvalue weighted by molar-refractivity contribution is -0.140. The number of aryl methyl sites for hydroxylation is 1. The number of ether oxygens (including phenoxy) is 2. The molecule has 0 bridgehead atoms. The summed E-state index contributed by atoms with van der Waals surface area (Å²) >= 11 is 0. The molecule has 1 aromatic heterocycles. The Morgan fingerprint density at radius 2 is 1.76 bits per heavy atom. The van der Waals surface area contributed by atoms with Gasteiger partial charge in [-0.05, 0) is 42.3 Å².